The van der Waals surface area contributed by atoms with Gasteiger partial charge < -0.3 is 37.9 Å². The summed E-state index contributed by atoms with van der Waals surface area (Å²) in [6, 6.07) is 26.7. The maximum atomic E-state index is 6.58. The van der Waals surface area contributed by atoms with Crippen molar-refractivity contribution in [2.45, 2.75) is 55.4 Å². The molecule has 2 aliphatic rings. The van der Waals surface area contributed by atoms with Gasteiger partial charge in [-0.3, -0.25) is 0 Å². The first kappa shape index (κ1) is 41.3. The maximum Gasteiger partial charge on any atom is 0.231 e. The van der Waals surface area contributed by atoms with Gasteiger partial charge in [0.2, 0.25) is 13.6 Å². The Labute approximate surface area is 356 Å². The topological polar surface area (TPSA) is 73.8 Å². The van der Waals surface area contributed by atoms with Crippen LogP contribution in [0.25, 0.3) is 11.1 Å². The zero-order chi connectivity index (χ0) is 42.6. The Bertz CT molecular complexity index is 2280. The standard InChI is InChI=1S/C50H52O8P2/c1-27-17-35(18-28(2)45(27)51-9)59(36-19-29(3)46(52-10)30(4)20-36)41-15-13-39-49(57-25-55-39)43(41)44-42(16-14-40-50(44)58-26-56-40)60(37-21-31(5)47(53-11)32(6)22-37)38-23-33(7)48(54-12)34(8)24-38/h13-24H,25-26H2,1-12H3. The van der Waals surface area contributed by atoms with Crippen molar-refractivity contribution < 1.29 is 37.9 Å². The van der Waals surface area contributed by atoms with Crippen molar-refractivity contribution in [2.75, 3.05) is 42.0 Å². The molecule has 0 saturated carbocycles. The highest BCUT2D eigenvalue weighted by Crippen LogP contribution is 2.54. The van der Waals surface area contributed by atoms with Crippen molar-refractivity contribution in [2.24, 2.45) is 0 Å². The van der Waals surface area contributed by atoms with Gasteiger partial charge in [0.25, 0.3) is 0 Å². The molecule has 2 heterocycles. The molecule has 0 aliphatic carbocycles. The number of hydrogen-bond donors (Lipinski definition) is 0. The van der Waals surface area contributed by atoms with Gasteiger partial charge in [-0.25, -0.2) is 0 Å². The quantitative estimate of drug-likeness (QED) is 0.120. The summed E-state index contributed by atoms with van der Waals surface area (Å²) < 4.78 is 49.1. The number of rotatable bonds is 11. The van der Waals surface area contributed by atoms with E-state index in [-0.39, 0.29) is 13.6 Å². The smallest absolute Gasteiger partial charge is 0.231 e. The number of benzene rings is 6. The van der Waals surface area contributed by atoms with Crippen molar-refractivity contribution in [3.05, 3.63) is 117 Å². The lowest BCUT2D eigenvalue weighted by molar-refractivity contribution is 0.173. The predicted molar refractivity (Wildman–Crippen MR) is 246 cm³/mol. The fourth-order valence-corrected chi connectivity index (χ4v) is 14.8. The highest BCUT2D eigenvalue weighted by atomic mass is 31.1. The van der Waals surface area contributed by atoms with E-state index in [9.17, 15) is 0 Å². The molecule has 0 aromatic heterocycles. The minimum Gasteiger partial charge on any atom is -0.496 e. The van der Waals surface area contributed by atoms with Crippen molar-refractivity contribution in [1.82, 2.24) is 0 Å². The van der Waals surface area contributed by atoms with Gasteiger partial charge in [-0.1, -0.05) is 0 Å². The van der Waals surface area contributed by atoms with Crippen LogP contribution in [0.2, 0.25) is 0 Å². The molecule has 8 rings (SSSR count). The van der Waals surface area contributed by atoms with Gasteiger partial charge in [-0.15, -0.1) is 0 Å². The second kappa shape index (κ2) is 16.6. The predicted octanol–water partition coefficient (Wildman–Crippen LogP) is 8.83. The average molecular weight is 843 g/mol. The summed E-state index contributed by atoms with van der Waals surface area (Å²) in [5.41, 5.74) is 10.4. The second-order valence-electron chi connectivity index (χ2n) is 15.5. The molecule has 60 heavy (non-hydrogen) atoms. The lowest BCUT2D eigenvalue weighted by Crippen LogP contribution is -2.27. The lowest BCUT2D eigenvalue weighted by atomic mass is 10.0. The summed E-state index contributed by atoms with van der Waals surface area (Å²) in [7, 11) is 4.45. The molecule has 0 saturated heterocycles. The van der Waals surface area contributed by atoms with Crippen LogP contribution in [-0.2, 0) is 0 Å². The normalized spacial score (nSPS) is 12.7. The van der Waals surface area contributed by atoms with Gasteiger partial charge in [0.05, 0.1) is 28.4 Å². The van der Waals surface area contributed by atoms with Gasteiger partial charge in [0, 0.05) is 11.1 Å². The summed E-state index contributed by atoms with van der Waals surface area (Å²) in [4.78, 5) is 0. The largest absolute Gasteiger partial charge is 0.496 e. The van der Waals surface area contributed by atoms with Gasteiger partial charge in [0.1, 0.15) is 23.0 Å². The van der Waals surface area contributed by atoms with Crippen LogP contribution in [0.3, 0.4) is 0 Å². The van der Waals surface area contributed by atoms with Crippen LogP contribution in [0.1, 0.15) is 44.5 Å². The monoisotopic (exact) mass is 842 g/mol. The fourth-order valence-electron chi connectivity index (χ4n) is 9.15. The van der Waals surface area contributed by atoms with E-state index < -0.39 is 15.8 Å². The Hall–Kier alpha value is -5.42. The van der Waals surface area contributed by atoms with E-state index in [0.29, 0.717) is 23.0 Å². The van der Waals surface area contributed by atoms with Gasteiger partial charge in [-0.05, 0) is 220 Å². The molecule has 0 fully saturated rings. The molecule has 0 atom stereocenters. The fraction of sp³-hybridized carbons (Fsp3) is 0.280. The Balaban J connectivity index is 1.50. The third-order valence-electron chi connectivity index (χ3n) is 11.4. The van der Waals surface area contributed by atoms with E-state index in [0.717, 1.165) is 89.2 Å². The molecule has 8 nitrogen and oxygen atoms in total. The molecule has 0 radical (unpaired) electrons. The molecular weight excluding hydrogens is 790 g/mol. The van der Waals surface area contributed by atoms with E-state index in [1.807, 2.05) is 0 Å². The molecule has 0 spiro atoms. The van der Waals surface area contributed by atoms with Gasteiger partial charge in [-0.2, -0.15) is 0 Å². The third-order valence-corrected chi connectivity index (χ3v) is 16.2. The zero-order valence-electron chi connectivity index (χ0n) is 36.5. The Kier molecular flexibility index (Phi) is 11.4. The summed E-state index contributed by atoms with van der Waals surface area (Å²) >= 11 is 0. The number of fused-ring (bicyclic) bond motifs is 2. The molecule has 6 aromatic carbocycles. The van der Waals surface area contributed by atoms with E-state index >= 15 is 0 Å². The molecule has 6 aromatic rings. The van der Waals surface area contributed by atoms with E-state index in [2.05, 4.69) is 128 Å². The van der Waals surface area contributed by atoms with Crippen LogP contribution >= 0.6 is 15.8 Å². The van der Waals surface area contributed by atoms with Crippen LogP contribution in [0.5, 0.6) is 46.0 Å². The summed E-state index contributed by atoms with van der Waals surface area (Å²) in [5.74, 6) is 6.29. The average Bonchev–Trinajstić information content (AvgIpc) is 3.88. The molecule has 2 aliphatic heterocycles. The molecule has 0 unspecified atom stereocenters. The van der Waals surface area contributed by atoms with Crippen LogP contribution in [0, 0.1) is 55.4 Å². The second-order valence-corrected chi connectivity index (χ2v) is 19.9. The molecule has 0 bridgehead atoms. The molecular formula is C50H52O8P2. The highest BCUT2D eigenvalue weighted by Gasteiger charge is 2.36. The van der Waals surface area contributed by atoms with Gasteiger partial charge in [0.15, 0.2) is 23.0 Å². The molecule has 310 valence electrons. The number of ether oxygens (including phenoxy) is 8. The van der Waals surface area contributed by atoms with E-state index in [4.69, 9.17) is 37.9 Å². The number of aryl methyl sites for hydroxylation is 8. The lowest BCUT2D eigenvalue weighted by Gasteiger charge is -2.29. The SMILES string of the molecule is COc1c(C)cc(P(c2cc(C)c(OC)c(C)c2)c2ccc3c(c2-c2c(P(c4cc(C)c(OC)c(C)c4)c4cc(C)c(OC)c(C)c4)ccc4c2OCO4)OCO3)cc1C. The Morgan fingerprint density at radius 1 is 0.367 bits per heavy atom. The van der Waals surface area contributed by atoms with Crippen molar-refractivity contribution in [3.63, 3.8) is 0 Å². The first-order chi connectivity index (χ1) is 28.9. The van der Waals surface area contributed by atoms with Crippen LogP contribution < -0.4 is 69.7 Å². The molecule has 0 amide bonds. The summed E-state index contributed by atoms with van der Waals surface area (Å²) in [5, 5.41) is 6.93. The van der Waals surface area contributed by atoms with E-state index in [1.165, 1.54) is 21.2 Å². The summed E-state index contributed by atoms with van der Waals surface area (Å²) in [6.45, 7) is 17.2. The first-order valence-corrected chi connectivity index (χ1v) is 22.6. The zero-order valence-corrected chi connectivity index (χ0v) is 38.3. The van der Waals surface area contributed by atoms with Crippen molar-refractivity contribution in [1.29, 1.82) is 0 Å². The first-order valence-electron chi connectivity index (χ1n) is 20.0. The van der Waals surface area contributed by atoms with Crippen LogP contribution in [0.15, 0.2) is 72.8 Å². The van der Waals surface area contributed by atoms with E-state index in [1.54, 1.807) is 28.4 Å². The number of hydrogen-bond acceptors (Lipinski definition) is 8. The Morgan fingerprint density at radius 3 is 0.850 bits per heavy atom. The number of methoxy groups -OCH3 is 4. The molecule has 0 N–H and O–H groups in total. The molecule has 10 heteroatoms. The maximum absolute atomic E-state index is 6.58. The van der Waals surface area contributed by atoms with Crippen LogP contribution in [-0.4, -0.2) is 42.0 Å². The van der Waals surface area contributed by atoms with Gasteiger partial charge >= 0.3 is 0 Å². The highest BCUT2D eigenvalue weighted by molar-refractivity contribution is 7.80. The Morgan fingerprint density at radius 2 is 0.617 bits per heavy atom. The summed E-state index contributed by atoms with van der Waals surface area (Å²) in [6.07, 6.45) is 0. The van der Waals surface area contributed by atoms with Crippen LogP contribution in [0.4, 0.5) is 0 Å². The third kappa shape index (κ3) is 7.08. The van der Waals surface area contributed by atoms with Crippen molar-refractivity contribution in [3.8, 4) is 57.1 Å². The minimum atomic E-state index is -1.25. The minimum absolute atomic E-state index is 0.107. The van der Waals surface area contributed by atoms with Crippen molar-refractivity contribution >= 4 is 47.7 Å².